The molecule has 0 unspecified atom stereocenters. The molecular weight excluding hydrogens is 256 g/mol. The minimum Gasteiger partial charge on any atom is -0.462 e. The van der Waals surface area contributed by atoms with Gasteiger partial charge in [-0.2, -0.15) is 0 Å². The van der Waals surface area contributed by atoms with E-state index < -0.39 is 0 Å². The van der Waals surface area contributed by atoms with Crippen molar-refractivity contribution in [3.8, 4) is 0 Å². The van der Waals surface area contributed by atoms with Crippen molar-refractivity contribution in [1.82, 2.24) is 14.6 Å². The topological polar surface area (TPSA) is 59.7 Å². The van der Waals surface area contributed by atoms with Crippen molar-refractivity contribution < 1.29 is 9.53 Å². The molecule has 0 aromatic carbocycles. The van der Waals surface area contributed by atoms with Crippen LogP contribution in [0, 0.1) is 5.41 Å². The monoisotopic (exact) mass is 274 g/mol. The summed E-state index contributed by atoms with van der Waals surface area (Å²) in [5, 5.41) is 4.48. The van der Waals surface area contributed by atoms with E-state index in [-0.39, 0.29) is 11.4 Å². The molecule has 0 spiro atoms. The van der Waals surface area contributed by atoms with Gasteiger partial charge in [-0.25, -0.2) is 14.3 Å². The fourth-order valence-electron chi connectivity index (χ4n) is 2.62. The maximum absolute atomic E-state index is 12.2. The first kappa shape index (κ1) is 12.9. The number of carbonyl (C=O) groups excluding carboxylic acids is 1. The van der Waals surface area contributed by atoms with Crippen LogP contribution in [0.2, 0.25) is 0 Å². The maximum atomic E-state index is 12.2. The Kier molecular flexibility index (Phi) is 2.88. The minimum atomic E-state index is -0.360. The SMILES string of the molecule is CCOC(=O)c1c(N2CC(C)(C)C2)nn2cccnc12. The fourth-order valence-corrected chi connectivity index (χ4v) is 2.62. The lowest BCUT2D eigenvalue weighted by Crippen LogP contribution is -2.53. The molecule has 1 saturated heterocycles. The lowest BCUT2D eigenvalue weighted by molar-refractivity contribution is 0.0528. The highest BCUT2D eigenvalue weighted by Gasteiger charge is 2.38. The second kappa shape index (κ2) is 4.47. The largest absolute Gasteiger partial charge is 0.462 e. The van der Waals surface area contributed by atoms with Crippen molar-refractivity contribution in [3.63, 3.8) is 0 Å². The van der Waals surface area contributed by atoms with Crippen LogP contribution in [-0.4, -0.2) is 40.3 Å². The van der Waals surface area contributed by atoms with Gasteiger partial charge >= 0.3 is 5.97 Å². The number of fused-ring (bicyclic) bond motifs is 1. The van der Waals surface area contributed by atoms with Gasteiger partial charge in [0.1, 0.15) is 5.56 Å². The molecule has 20 heavy (non-hydrogen) atoms. The van der Waals surface area contributed by atoms with Gasteiger partial charge in [-0.1, -0.05) is 13.8 Å². The summed E-state index contributed by atoms with van der Waals surface area (Å²) in [6.07, 6.45) is 3.45. The zero-order valence-electron chi connectivity index (χ0n) is 12.0. The van der Waals surface area contributed by atoms with Gasteiger partial charge in [0.15, 0.2) is 11.5 Å². The molecule has 0 atom stereocenters. The number of ether oxygens (including phenoxy) is 1. The highest BCUT2D eigenvalue weighted by Crippen LogP contribution is 2.35. The number of esters is 1. The van der Waals surface area contributed by atoms with Crippen LogP contribution in [0.15, 0.2) is 18.5 Å². The summed E-state index contributed by atoms with van der Waals surface area (Å²) in [6.45, 7) is 8.28. The second-order valence-corrected chi connectivity index (χ2v) is 5.83. The first-order valence-corrected chi connectivity index (χ1v) is 6.77. The van der Waals surface area contributed by atoms with Crippen LogP contribution in [-0.2, 0) is 4.74 Å². The summed E-state index contributed by atoms with van der Waals surface area (Å²) in [5.74, 6) is 0.308. The van der Waals surface area contributed by atoms with Crippen LogP contribution in [0.4, 0.5) is 5.82 Å². The van der Waals surface area contributed by atoms with E-state index in [9.17, 15) is 4.79 Å². The van der Waals surface area contributed by atoms with Crippen molar-refractivity contribution >= 4 is 17.4 Å². The van der Waals surface area contributed by atoms with E-state index in [1.807, 2.05) is 0 Å². The summed E-state index contributed by atoms with van der Waals surface area (Å²) in [6, 6.07) is 1.79. The average Bonchev–Trinajstić information content (AvgIpc) is 2.75. The Bertz CT molecular complexity index is 654. The summed E-state index contributed by atoms with van der Waals surface area (Å²) in [7, 11) is 0. The van der Waals surface area contributed by atoms with Crippen LogP contribution in [0.5, 0.6) is 0 Å². The van der Waals surface area contributed by atoms with E-state index in [0.717, 1.165) is 13.1 Å². The molecule has 3 rings (SSSR count). The molecule has 106 valence electrons. The van der Waals surface area contributed by atoms with E-state index in [1.165, 1.54) is 0 Å². The number of nitrogens with zero attached hydrogens (tertiary/aromatic N) is 4. The molecule has 6 heteroatoms. The molecule has 0 radical (unpaired) electrons. The molecule has 2 aromatic heterocycles. The Morgan fingerprint density at radius 1 is 1.45 bits per heavy atom. The number of carbonyl (C=O) groups is 1. The zero-order valence-corrected chi connectivity index (χ0v) is 12.0. The number of aromatic nitrogens is 3. The maximum Gasteiger partial charge on any atom is 0.345 e. The average molecular weight is 274 g/mol. The number of rotatable bonds is 3. The van der Waals surface area contributed by atoms with Crippen LogP contribution >= 0.6 is 0 Å². The molecule has 3 heterocycles. The number of hydrogen-bond acceptors (Lipinski definition) is 5. The molecule has 0 bridgehead atoms. The Balaban J connectivity index is 2.06. The van der Waals surface area contributed by atoms with Crippen molar-refractivity contribution in [1.29, 1.82) is 0 Å². The summed E-state index contributed by atoms with van der Waals surface area (Å²) in [5.41, 5.74) is 1.27. The van der Waals surface area contributed by atoms with Crippen molar-refractivity contribution in [2.45, 2.75) is 20.8 Å². The summed E-state index contributed by atoms with van der Waals surface area (Å²) in [4.78, 5) is 18.6. The van der Waals surface area contributed by atoms with Gasteiger partial charge in [0.2, 0.25) is 0 Å². The van der Waals surface area contributed by atoms with Gasteiger partial charge in [0, 0.05) is 25.5 Å². The van der Waals surface area contributed by atoms with E-state index in [2.05, 4.69) is 28.8 Å². The van der Waals surface area contributed by atoms with Gasteiger partial charge in [-0.15, -0.1) is 5.10 Å². The number of hydrogen-bond donors (Lipinski definition) is 0. The molecular formula is C14H18N4O2. The Morgan fingerprint density at radius 2 is 2.20 bits per heavy atom. The van der Waals surface area contributed by atoms with Gasteiger partial charge in [-0.3, -0.25) is 0 Å². The molecule has 0 saturated carbocycles. The third-order valence-corrected chi connectivity index (χ3v) is 3.39. The lowest BCUT2D eigenvalue weighted by Gasteiger charge is -2.46. The molecule has 0 amide bonds. The van der Waals surface area contributed by atoms with Gasteiger partial charge in [0.25, 0.3) is 0 Å². The Morgan fingerprint density at radius 3 is 2.85 bits per heavy atom. The first-order valence-electron chi connectivity index (χ1n) is 6.77. The summed E-state index contributed by atoms with van der Waals surface area (Å²) < 4.78 is 6.78. The van der Waals surface area contributed by atoms with Crippen molar-refractivity contribution in [2.24, 2.45) is 5.41 Å². The van der Waals surface area contributed by atoms with E-state index in [1.54, 1.807) is 29.9 Å². The molecule has 2 aromatic rings. The van der Waals surface area contributed by atoms with Crippen LogP contribution in [0.3, 0.4) is 0 Å². The van der Waals surface area contributed by atoms with Gasteiger partial charge in [0.05, 0.1) is 6.61 Å². The second-order valence-electron chi connectivity index (χ2n) is 5.83. The molecule has 1 fully saturated rings. The molecule has 1 aliphatic rings. The Hall–Kier alpha value is -2.11. The third kappa shape index (κ3) is 2.01. The normalized spacial score (nSPS) is 17.1. The first-order chi connectivity index (χ1) is 9.52. The fraction of sp³-hybridized carbons (Fsp3) is 0.500. The Labute approximate surface area is 117 Å². The van der Waals surface area contributed by atoms with E-state index in [0.29, 0.717) is 23.6 Å². The smallest absolute Gasteiger partial charge is 0.345 e. The van der Waals surface area contributed by atoms with Crippen LogP contribution in [0.1, 0.15) is 31.1 Å². The highest BCUT2D eigenvalue weighted by molar-refractivity contribution is 6.01. The standard InChI is InChI=1S/C14H18N4O2/c1-4-20-13(19)10-11-15-6-5-7-18(11)16-12(10)17-8-14(2,3)9-17/h5-7H,4,8-9H2,1-3H3. The predicted molar refractivity (Wildman–Crippen MR) is 74.9 cm³/mol. The highest BCUT2D eigenvalue weighted by atomic mass is 16.5. The quantitative estimate of drug-likeness (QED) is 0.798. The minimum absolute atomic E-state index is 0.259. The van der Waals surface area contributed by atoms with Crippen molar-refractivity contribution in [3.05, 3.63) is 24.0 Å². The van der Waals surface area contributed by atoms with E-state index >= 15 is 0 Å². The number of anilines is 1. The predicted octanol–water partition coefficient (Wildman–Crippen LogP) is 1.75. The van der Waals surface area contributed by atoms with E-state index in [4.69, 9.17) is 4.74 Å². The third-order valence-electron chi connectivity index (χ3n) is 3.39. The molecule has 0 N–H and O–H groups in total. The molecule has 6 nitrogen and oxygen atoms in total. The lowest BCUT2D eigenvalue weighted by atomic mass is 9.84. The summed E-state index contributed by atoms with van der Waals surface area (Å²) >= 11 is 0. The molecule has 1 aliphatic heterocycles. The molecule has 0 aliphatic carbocycles. The van der Waals surface area contributed by atoms with Crippen LogP contribution < -0.4 is 4.90 Å². The zero-order chi connectivity index (χ0) is 14.3. The van der Waals surface area contributed by atoms with Crippen LogP contribution in [0.25, 0.3) is 5.65 Å². The van der Waals surface area contributed by atoms with Crippen molar-refractivity contribution in [2.75, 3.05) is 24.6 Å². The van der Waals surface area contributed by atoms with Gasteiger partial charge in [-0.05, 0) is 18.4 Å². The van der Waals surface area contributed by atoms with Gasteiger partial charge < -0.3 is 9.64 Å².